The Hall–Kier alpha value is -3.15. The molecule has 2 aliphatic rings. The van der Waals surface area contributed by atoms with Gasteiger partial charge < -0.3 is 24.1 Å². The van der Waals surface area contributed by atoms with Crippen molar-refractivity contribution < 1.29 is 23.4 Å². The van der Waals surface area contributed by atoms with Crippen molar-refractivity contribution in [3.63, 3.8) is 0 Å². The first kappa shape index (κ1) is 22.6. The van der Waals surface area contributed by atoms with Crippen LogP contribution in [0.25, 0.3) is 11.4 Å². The fraction of sp³-hybridized carbons (Fsp3) is 0.348. The first-order valence-electron chi connectivity index (χ1n) is 11.0. The highest BCUT2D eigenvalue weighted by molar-refractivity contribution is 7.99. The second-order valence-electron chi connectivity index (χ2n) is 7.82. The van der Waals surface area contributed by atoms with E-state index >= 15 is 0 Å². The first-order valence-corrected chi connectivity index (χ1v) is 12.0. The van der Waals surface area contributed by atoms with Gasteiger partial charge in [-0.2, -0.15) is 0 Å². The van der Waals surface area contributed by atoms with Gasteiger partial charge in [0.25, 0.3) is 0 Å². The molecule has 2 aliphatic heterocycles. The molecule has 0 atom stereocenters. The predicted molar refractivity (Wildman–Crippen MR) is 125 cm³/mol. The second-order valence-corrected chi connectivity index (χ2v) is 8.77. The fourth-order valence-corrected chi connectivity index (χ4v) is 4.54. The lowest BCUT2D eigenvalue weighted by Gasteiger charge is -2.27. The van der Waals surface area contributed by atoms with Crippen LogP contribution in [-0.4, -0.2) is 71.0 Å². The summed E-state index contributed by atoms with van der Waals surface area (Å²) in [6, 6.07) is 11.5. The van der Waals surface area contributed by atoms with Crippen molar-refractivity contribution >= 4 is 23.4 Å². The third kappa shape index (κ3) is 5.32. The van der Waals surface area contributed by atoms with Gasteiger partial charge in [-0.3, -0.25) is 9.69 Å². The Balaban J connectivity index is 1.27. The maximum atomic E-state index is 13.4. The van der Waals surface area contributed by atoms with E-state index in [1.807, 2.05) is 4.57 Å². The number of aromatic nitrogens is 3. The minimum Gasteiger partial charge on any atom is -0.454 e. The summed E-state index contributed by atoms with van der Waals surface area (Å²) >= 11 is 1.31. The van der Waals surface area contributed by atoms with E-state index in [0.29, 0.717) is 47.9 Å². The number of amides is 1. The lowest BCUT2D eigenvalue weighted by atomic mass is 10.2. The van der Waals surface area contributed by atoms with Gasteiger partial charge in [0.15, 0.2) is 22.5 Å². The monoisotopic (exact) mass is 485 g/mol. The summed E-state index contributed by atoms with van der Waals surface area (Å²) in [6.07, 6.45) is 0. The highest BCUT2D eigenvalue weighted by Gasteiger charge is 2.19. The first-order chi connectivity index (χ1) is 16.7. The quantitative estimate of drug-likeness (QED) is 0.487. The number of carbonyl (C=O) groups is 1. The number of hydrogen-bond acceptors (Lipinski definition) is 8. The summed E-state index contributed by atoms with van der Waals surface area (Å²) in [7, 11) is 0. The molecule has 1 amide bonds. The summed E-state index contributed by atoms with van der Waals surface area (Å²) in [5.41, 5.74) is 1.41. The van der Waals surface area contributed by atoms with Crippen molar-refractivity contribution in [3.8, 4) is 22.9 Å². The second kappa shape index (κ2) is 10.4. The van der Waals surface area contributed by atoms with E-state index in [2.05, 4.69) is 20.4 Å². The van der Waals surface area contributed by atoms with Crippen molar-refractivity contribution in [3.05, 3.63) is 48.3 Å². The lowest BCUT2D eigenvalue weighted by molar-refractivity contribution is -0.113. The number of thioether (sulfide) groups is 1. The topological polar surface area (TPSA) is 90.7 Å². The van der Waals surface area contributed by atoms with Gasteiger partial charge in [-0.1, -0.05) is 11.8 Å². The number of ether oxygens (including phenoxy) is 3. The Labute approximate surface area is 200 Å². The molecule has 0 aliphatic carbocycles. The molecular weight excluding hydrogens is 461 g/mol. The van der Waals surface area contributed by atoms with E-state index in [1.165, 1.54) is 23.9 Å². The summed E-state index contributed by atoms with van der Waals surface area (Å²) in [5.74, 6) is 1.60. The number of hydrogen-bond donors (Lipinski definition) is 1. The SMILES string of the molecule is O=C(CSc1nnc(-c2ccc(F)cc2)n1CCN1CCOCC1)Nc1ccc2c(c1)OCO2. The fourth-order valence-electron chi connectivity index (χ4n) is 3.78. The third-order valence-electron chi connectivity index (χ3n) is 5.55. The van der Waals surface area contributed by atoms with Crippen LogP contribution in [0, 0.1) is 5.82 Å². The van der Waals surface area contributed by atoms with Crippen LogP contribution >= 0.6 is 11.8 Å². The number of rotatable bonds is 8. The highest BCUT2D eigenvalue weighted by atomic mass is 32.2. The van der Waals surface area contributed by atoms with Gasteiger partial charge in [-0.05, 0) is 36.4 Å². The molecule has 0 bridgehead atoms. The molecule has 9 nitrogen and oxygen atoms in total. The average molecular weight is 486 g/mol. The zero-order valence-electron chi connectivity index (χ0n) is 18.4. The molecule has 0 spiro atoms. The van der Waals surface area contributed by atoms with Gasteiger partial charge in [0, 0.05) is 43.5 Å². The van der Waals surface area contributed by atoms with Gasteiger partial charge in [-0.25, -0.2) is 4.39 Å². The molecule has 0 saturated carbocycles. The zero-order valence-corrected chi connectivity index (χ0v) is 19.2. The van der Waals surface area contributed by atoms with Crippen LogP contribution in [0.5, 0.6) is 11.5 Å². The number of anilines is 1. The molecule has 2 aromatic carbocycles. The molecule has 5 rings (SSSR count). The van der Waals surface area contributed by atoms with E-state index in [-0.39, 0.29) is 24.3 Å². The number of fused-ring (bicyclic) bond motifs is 1. The van der Waals surface area contributed by atoms with Crippen LogP contribution in [0.1, 0.15) is 0 Å². The van der Waals surface area contributed by atoms with E-state index in [1.54, 1.807) is 30.3 Å². The molecule has 1 fully saturated rings. The molecule has 1 aromatic heterocycles. The van der Waals surface area contributed by atoms with Crippen molar-refractivity contribution in [1.82, 2.24) is 19.7 Å². The van der Waals surface area contributed by atoms with Crippen LogP contribution in [0.2, 0.25) is 0 Å². The minimum absolute atomic E-state index is 0.160. The van der Waals surface area contributed by atoms with Gasteiger partial charge in [0.2, 0.25) is 12.7 Å². The third-order valence-corrected chi connectivity index (χ3v) is 6.52. The molecule has 0 unspecified atom stereocenters. The largest absolute Gasteiger partial charge is 0.454 e. The lowest BCUT2D eigenvalue weighted by Crippen LogP contribution is -2.38. The van der Waals surface area contributed by atoms with Gasteiger partial charge >= 0.3 is 0 Å². The smallest absolute Gasteiger partial charge is 0.234 e. The summed E-state index contributed by atoms with van der Waals surface area (Å²) in [4.78, 5) is 14.9. The van der Waals surface area contributed by atoms with E-state index in [0.717, 1.165) is 25.2 Å². The molecule has 0 radical (unpaired) electrons. The molecule has 1 N–H and O–H groups in total. The molecule has 3 heterocycles. The number of benzene rings is 2. The van der Waals surface area contributed by atoms with E-state index in [9.17, 15) is 9.18 Å². The molecular formula is C23H24FN5O4S. The van der Waals surface area contributed by atoms with Gasteiger partial charge in [0.05, 0.1) is 19.0 Å². The standard InChI is InChI=1S/C23H24FN5O4S/c24-17-3-1-16(2-4-17)22-26-27-23(29(22)8-7-28-9-11-31-12-10-28)34-14-21(30)25-18-5-6-19-20(13-18)33-15-32-19/h1-6,13H,7-12,14-15H2,(H,25,30). The highest BCUT2D eigenvalue weighted by Crippen LogP contribution is 2.34. The molecule has 3 aromatic rings. The van der Waals surface area contributed by atoms with Crippen LogP contribution in [0.3, 0.4) is 0 Å². The molecule has 178 valence electrons. The Morgan fingerprint density at radius 3 is 2.65 bits per heavy atom. The molecule has 1 saturated heterocycles. The van der Waals surface area contributed by atoms with E-state index < -0.39 is 0 Å². The number of nitrogens with one attached hydrogen (secondary N) is 1. The van der Waals surface area contributed by atoms with Crippen molar-refractivity contribution in [2.45, 2.75) is 11.7 Å². The number of morpholine rings is 1. The Morgan fingerprint density at radius 1 is 1.03 bits per heavy atom. The minimum atomic E-state index is -0.307. The van der Waals surface area contributed by atoms with Crippen molar-refractivity contribution in [1.29, 1.82) is 0 Å². The Morgan fingerprint density at radius 2 is 1.82 bits per heavy atom. The maximum absolute atomic E-state index is 13.4. The van der Waals surface area contributed by atoms with Crippen molar-refractivity contribution in [2.24, 2.45) is 0 Å². The number of nitrogens with zero attached hydrogens (tertiary/aromatic N) is 4. The van der Waals surface area contributed by atoms with Crippen LogP contribution < -0.4 is 14.8 Å². The average Bonchev–Trinajstić information content (AvgIpc) is 3.49. The van der Waals surface area contributed by atoms with Gasteiger partial charge in [0.1, 0.15) is 5.82 Å². The normalized spacial score (nSPS) is 15.4. The maximum Gasteiger partial charge on any atom is 0.234 e. The summed E-state index contributed by atoms with van der Waals surface area (Å²) in [6.45, 7) is 4.80. The zero-order chi connectivity index (χ0) is 23.3. The van der Waals surface area contributed by atoms with Gasteiger partial charge in [-0.15, -0.1) is 10.2 Å². The predicted octanol–water partition coefficient (Wildman–Crippen LogP) is 2.88. The van der Waals surface area contributed by atoms with Crippen LogP contribution in [-0.2, 0) is 16.1 Å². The van der Waals surface area contributed by atoms with Crippen LogP contribution in [0.15, 0.2) is 47.6 Å². The molecule has 11 heteroatoms. The van der Waals surface area contributed by atoms with Crippen molar-refractivity contribution in [2.75, 3.05) is 50.7 Å². The Kier molecular flexibility index (Phi) is 6.93. The summed E-state index contributed by atoms with van der Waals surface area (Å²) < 4.78 is 31.5. The molecule has 34 heavy (non-hydrogen) atoms. The van der Waals surface area contributed by atoms with E-state index in [4.69, 9.17) is 14.2 Å². The number of carbonyl (C=O) groups excluding carboxylic acids is 1. The number of halogens is 1. The summed E-state index contributed by atoms with van der Waals surface area (Å²) in [5, 5.41) is 12.2. The van der Waals surface area contributed by atoms with Crippen LogP contribution in [0.4, 0.5) is 10.1 Å². The Bertz CT molecular complexity index is 1150.